The summed E-state index contributed by atoms with van der Waals surface area (Å²) in [6, 6.07) is 12.7. The highest BCUT2D eigenvalue weighted by molar-refractivity contribution is 6.36. The van der Waals surface area contributed by atoms with E-state index >= 15 is 0 Å². The number of likely N-dealkylation sites (tertiary alicyclic amines) is 2. The molecule has 2 saturated heterocycles. The van der Waals surface area contributed by atoms with Gasteiger partial charge in [-0.2, -0.15) is 5.26 Å². The number of fused-ring (bicyclic) bond motifs is 1. The van der Waals surface area contributed by atoms with Crippen LogP contribution in [0.3, 0.4) is 0 Å². The lowest BCUT2D eigenvalue weighted by molar-refractivity contribution is -0.140. The van der Waals surface area contributed by atoms with E-state index in [1.54, 1.807) is 29.4 Å². The zero-order valence-electron chi connectivity index (χ0n) is 21.0. The van der Waals surface area contributed by atoms with Gasteiger partial charge in [0.2, 0.25) is 11.8 Å². The SMILES string of the molecule is N#C/C(=C(\Nc1cccc2c(Cl)c[nH]c12)N[C@H]1CCCCN(CC(=O)N2CCCC2)C1=O)c1ccccn1. The van der Waals surface area contributed by atoms with Crippen LogP contribution in [0.25, 0.3) is 16.5 Å². The number of anilines is 1. The third-order valence-corrected chi connectivity index (χ3v) is 7.40. The van der Waals surface area contributed by atoms with Gasteiger partial charge in [-0.25, -0.2) is 0 Å². The van der Waals surface area contributed by atoms with Crippen molar-refractivity contribution in [1.29, 1.82) is 5.26 Å². The molecule has 2 aromatic heterocycles. The van der Waals surface area contributed by atoms with Crippen LogP contribution in [0.1, 0.15) is 37.8 Å². The number of nitrogens with zero attached hydrogens (tertiary/aromatic N) is 4. The van der Waals surface area contributed by atoms with Crippen LogP contribution in [0.5, 0.6) is 0 Å². The van der Waals surface area contributed by atoms with E-state index in [1.807, 2.05) is 29.2 Å². The Morgan fingerprint density at radius 3 is 2.71 bits per heavy atom. The minimum Gasteiger partial charge on any atom is -0.359 e. The number of carbonyl (C=O) groups excluding carboxylic acids is 2. The molecule has 5 rings (SSSR count). The smallest absolute Gasteiger partial charge is 0.245 e. The van der Waals surface area contributed by atoms with Crippen molar-refractivity contribution in [2.45, 2.75) is 38.1 Å². The van der Waals surface area contributed by atoms with Gasteiger partial charge in [0.15, 0.2) is 0 Å². The van der Waals surface area contributed by atoms with Crippen molar-refractivity contribution in [3.8, 4) is 6.07 Å². The van der Waals surface area contributed by atoms with E-state index in [1.165, 1.54) is 0 Å². The number of nitriles is 1. The second-order valence-electron chi connectivity index (χ2n) is 9.61. The highest BCUT2D eigenvalue weighted by atomic mass is 35.5. The van der Waals surface area contributed by atoms with Crippen molar-refractivity contribution >= 4 is 45.6 Å². The number of halogens is 1. The fraction of sp³-hybridized carbons (Fsp3) is 0.357. The van der Waals surface area contributed by atoms with Crippen molar-refractivity contribution in [1.82, 2.24) is 25.1 Å². The van der Waals surface area contributed by atoms with Gasteiger partial charge in [0.25, 0.3) is 0 Å². The van der Waals surface area contributed by atoms with E-state index in [0.29, 0.717) is 35.2 Å². The zero-order valence-corrected chi connectivity index (χ0v) is 21.8. The number of hydrogen-bond acceptors (Lipinski definition) is 6. The predicted molar refractivity (Wildman–Crippen MR) is 147 cm³/mol. The third-order valence-electron chi connectivity index (χ3n) is 7.09. The summed E-state index contributed by atoms with van der Waals surface area (Å²) in [4.78, 5) is 37.5. The Bertz CT molecular complexity index is 1390. The summed E-state index contributed by atoms with van der Waals surface area (Å²) in [5, 5.41) is 18.3. The average molecular weight is 532 g/mol. The highest BCUT2D eigenvalue weighted by Crippen LogP contribution is 2.30. The van der Waals surface area contributed by atoms with E-state index in [0.717, 1.165) is 49.7 Å². The highest BCUT2D eigenvalue weighted by Gasteiger charge is 2.31. The summed E-state index contributed by atoms with van der Waals surface area (Å²) in [6.45, 7) is 2.12. The number of carbonyl (C=O) groups is 2. The number of aromatic amines is 1. The van der Waals surface area contributed by atoms with Crippen molar-refractivity contribution in [2.75, 3.05) is 31.5 Å². The number of nitrogens with one attached hydrogen (secondary N) is 3. The van der Waals surface area contributed by atoms with Gasteiger partial charge in [-0.05, 0) is 50.3 Å². The van der Waals surface area contributed by atoms with Gasteiger partial charge >= 0.3 is 0 Å². The summed E-state index contributed by atoms with van der Waals surface area (Å²) in [5.74, 6) is 0.219. The lowest BCUT2D eigenvalue weighted by Crippen LogP contribution is -2.49. The molecule has 1 atom stereocenters. The van der Waals surface area contributed by atoms with E-state index in [9.17, 15) is 14.9 Å². The summed E-state index contributed by atoms with van der Waals surface area (Å²) < 4.78 is 0. The van der Waals surface area contributed by atoms with Crippen LogP contribution in [0.4, 0.5) is 5.69 Å². The third kappa shape index (κ3) is 5.46. The lowest BCUT2D eigenvalue weighted by Gasteiger charge is -2.28. The topological polar surface area (TPSA) is 117 Å². The zero-order chi connectivity index (χ0) is 26.5. The van der Waals surface area contributed by atoms with Crippen molar-refractivity contribution in [2.24, 2.45) is 0 Å². The van der Waals surface area contributed by atoms with Gasteiger partial charge in [0.1, 0.15) is 23.5 Å². The van der Waals surface area contributed by atoms with Crippen LogP contribution in [0.15, 0.2) is 54.6 Å². The Hall–Kier alpha value is -4.03. The Morgan fingerprint density at radius 1 is 1.13 bits per heavy atom. The number of para-hydroxylation sites is 1. The van der Waals surface area contributed by atoms with E-state index in [4.69, 9.17) is 11.6 Å². The molecule has 3 N–H and O–H groups in total. The van der Waals surface area contributed by atoms with Gasteiger partial charge in [-0.15, -0.1) is 0 Å². The summed E-state index contributed by atoms with van der Waals surface area (Å²) >= 11 is 6.33. The van der Waals surface area contributed by atoms with E-state index < -0.39 is 6.04 Å². The van der Waals surface area contributed by atoms with Gasteiger partial charge in [0.05, 0.1) is 28.5 Å². The van der Waals surface area contributed by atoms with Gasteiger partial charge in [-0.1, -0.05) is 29.8 Å². The van der Waals surface area contributed by atoms with Crippen LogP contribution in [0.2, 0.25) is 5.02 Å². The average Bonchev–Trinajstić information content (AvgIpc) is 3.58. The number of H-pyrrole nitrogens is 1. The molecule has 4 heterocycles. The first-order chi connectivity index (χ1) is 18.5. The van der Waals surface area contributed by atoms with Crippen molar-refractivity contribution in [3.05, 3.63) is 65.3 Å². The Morgan fingerprint density at radius 2 is 1.95 bits per heavy atom. The Balaban J connectivity index is 1.46. The second kappa shape index (κ2) is 11.6. The standard InChI is InChI=1S/C28H30ClN7O2/c29-21-17-32-26-19(21)8-7-11-23(26)33-27(20(16-30)22-9-1-3-12-31-22)34-24-10-2-4-15-36(28(24)38)18-25(37)35-13-5-6-14-35/h1,3,7-9,11-12,17,24,32-34H,2,4-6,10,13-15,18H2/b27-20-/t24-/m0/s1. The minimum absolute atomic E-state index is 0.00751. The summed E-state index contributed by atoms with van der Waals surface area (Å²) in [7, 11) is 0. The lowest BCUT2D eigenvalue weighted by atomic mass is 10.1. The largest absolute Gasteiger partial charge is 0.359 e. The first-order valence-electron chi connectivity index (χ1n) is 13.0. The monoisotopic (exact) mass is 531 g/mol. The molecule has 0 spiro atoms. The molecule has 2 aliphatic heterocycles. The number of aromatic nitrogens is 2. The molecule has 10 heteroatoms. The molecule has 0 saturated carbocycles. The van der Waals surface area contributed by atoms with Crippen LogP contribution >= 0.6 is 11.6 Å². The molecule has 0 radical (unpaired) electrons. The fourth-order valence-corrected chi connectivity index (χ4v) is 5.29. The maximum absolute atomic E-state index is 13.7. The van der Waals surface area contributed by atoms with Gasteiger partial charge < -0.3 is 25.4 Å². The molecule has 3 aromatic rings. The normalized spacial score (nSPS) is 18.6. The number of amides is 2. The summed E-state index contributed by atoms with van der Waals surface area (Å²) in [5.41, 5.74) is 2.23. The molecule has 0 bridgehead atoms. The van der Waals surface area contributed by atoms with Crippen LogP contribution in [-0.2, 0) is 9.59 Å². The van der Waals surface area contributed by atoms with Gasteiger partial charge in [-0.3, -0.25) is 14.6 Å². The maximum atomic E-state index is 13.7. The second-order valence-corrected chi connectivity index (χ2v) is 10.0. The molecule has 9 nitrogen and oxygen atoms in total. The van der Waals surface area contributed by atoms with Crippen LogP contribution < -0.4 is 10.6 Å². The number of benzene rings is 1. The van der Waals surface area contributed by atoms with Crippen LogP contribution in [-0.4, -0.2) is 63.8 Å². The number of pyridine rings is 1. The molecule has 2 fully saturated rings. The van der Waals surface area contributed by atoms with Gasteiger partial charge in [0, 0.05) is 37.4 Å². The van der Waals surface area contributed by atoms with E-state index in [2.05, 4.69) is 26.7 Å². The molecule has 0 aliphatic carbocycles. The first kappa shape index (κ1) is 25.6. The van der Waals surface area contributed by atoms with Crippen molar-refractivity contribution < 1.29 is 9.59 Å². The van der Waals surface area contributed by atoms with Crippen molar-refractivity contribution in [3.63, 3.8) is 0 Å². The molecular weight excluding hydrogens is 502 g/mol. The molecule has 38 heavy (non-hydrogen) atoms. The molecule has 1 aromatic carbocycles. The molecule has 196 valence electrons. The molecule has 2 aliphatic rings. The maximum Gasteiger partial charge on any atom is 0.245 e. The molecule has 2 amide bonds. The predicted octanol–water partition coefficient (Wildman–Crippen LogP) is 4.11. The fourth-order valence-electron chi connectivity index (χ4n) is 5.08. The molecule has 0 unspecified atom stereocenters. The first-order valence-corrected chi connectivity index (χ1v) is 13.3. The van der Waals surface area contributed by atoms with Crippen LogP contribution in [0, 0.1) is 11.3 Å². The Kier molecular flexibility index (Phi) is 7.80. The number of rotatable bonds is 7. The summed E-state index contributed by atoms with van der Waals surface area (Å²) in [6.07, 6.45) is 7.56. The number of allylic oxidation sites excluding steroid dienone is 1. The molecular formula is C28H30ClN7O2. The van der Waals surface area contributed by atoms with E-state index in [-0.39, 0.29) is 23.9 Å². The Labute approximate surface area is 226 Å². The quantitative estimate of drug-likeness (QED) is 0.395. The number of hydrogen-bond donors (Lipinski definition) is 3. The minimum atomic E-state index is -0.607.